The number of carbonyl (C=O) groups is 1. The van der Waals surface area contributed by atoms with Crippen molar-refractivity contribution >= 4 is 17.5 Å². The van der Waals surface area contributed by atoms with Crippen LogP contribution in [0.2, 0.25) is 0 Å². The zero-order valence-corrected chi connectivity index (χ0v) is 17.3. The molecule has 0 aliphatic carbocycles. The van der Waals surface area contributed by atoms with Gasteiger partial charge in [-0.15, -0.1) is 10.2 Å². The van der Waals surface area contributed by atoms with E-state index in [0.717, 1.165) is 47.2 Å². The molecule has 6 heteroatoms. The summed E-state index contributed by atoms with van der Waals surface area (Å²) >= 11 is 1.46. The van der Waals surface area contributed by atoms with E-state index in [1.165, 1.54) is 11.8 Å². The molecule has 0 saturated carbocycles. The molecule has 3 aromatic rings. The molecule has 0 aliphatic rings. The van der Waals surface area contributed by atoms with Gasteiger partial charge in [0.2, 0.25) is 0 Å². The SMILES string of the molecule is CCCCn1c(SC(C)C(=O)c2ccccc2)nnc1-c1ccc(OC)cc1. The van der Waals surface area contributed by atoms with E-state index in [-0.39, 0.29) is 11.0 Å². The number of aromatic nitrogens is 3. The van der Waals surface area contributed by atoms with Gasteiger partial charge >= 0.3 is 0 Å². The first-order valence-corrected chi connectivity index (χ1v) is 10.4. The molecule has 146 valence electrons. The average Bonchev–Trinajstić information content (AvgIpc) is 3.14. The van der Waals surface area contributed by atoms with Crippen LogP contribution in [-0.4, -0.2) is 32.9 Å². The molecule has 0 amide bonds. The van der Waals surface area contributed by atoms with Gasteiger partial charge in [0, 0.05) is 17.7 Å². The second-order valence-electron chi connectivity index (χ2n) is 6.53. The van der Waals surface area contributed by atoms with E-state index in [0.29, 0.717) is 0 Å². The van der Waals surface area contributed by atoms with Crippen molar-refractivity contribution in [3.63, 3.8) is 0 Å². The normalized spacial score (nSPS) is 12.0. The van der Waals surface area contributed by atoms with Crippen molar-refractivity contribution in [3.05, 3.63) is 60.2 Å². The predicted octanol–water partition coefficient (Wildman–Crippen LogP) is 5.12. The largest absolute Gasteiger partial charge is 0.497 e. The summed E-state index contributed by atoms with van der Waals surface area (Å²) in [6, 6.07) is 17.2. The molecule has 0 spiro atoms. The third kappa shape index (κ3) is 4.62. The van der Waals surface area contributed by atoms with Crippen molar-refractivity contribution in [1.82, 2.24) is 14.8 Å². The highest BCUT2D eigenvalue weighted by molar-refractivity contribution is 8.00. The zero-order valence-electron chi connectivity index (χ0n) is 16.5. The number of hydrogen-bond donors (Lipinski definition) is 0. The van der Waals surface area contributed by atoms with Crippen LogP contribution >= 0.6 is 11.8 Å². The van der Waals surface area contributed by atoms with Crippen LogP contribution in [0, 0.1) is 0 Å². The molecule has 5 nitrogen and oxygen atoms in total. The standard InChI is InChI=1S/C22H25N3O2S/c1-4-5-15-25-21(18-11-13-19(27-3)14-12-18)23-24-22(25)28-16(2)20(26)17-9-7-6-8-10-17/h6-14,16H,4-5,15H2,1-3H3. The van der Waals surface area contributed by atoms with Crippen LogP contribution in [-0.2, 0) is 6.54 Å². The molecular formula is C22H25N3O2S. The molecule has 1 heterocycles. The van der Waals surface area contributed by atoms with Gasteiger partial charge in [-0.25, -0.2) is 0 Å². The van der Waals surface area contributed by atoms with E-state index in [2.05, 4.69) is 21.7 Å². The molecule has 1 aromatic heterocycles. The lowest BCUT2D eigenvalue weighted by molar-refractivity contribution is 0.0994. The van der Waals surface area contributed by atoms with Crippen molar-refractivity contribution in [1.29, 1.82) is 0 Å². The van der Waals surface area contributed by atoms with Crippen LogP contribution in [0.1, 0.15) is 37.0 Å². The first-order valence-electron chi connectivity index (χ1n) is 9.47. The summed E-state index contributed by atoms with van der Waals surface area (Å²) in [7, 11) is 1.65. The van der Waals surface area contributed by atoms with E-state index >= 15 is 0 Å². The molecule has 0 aliphatic heterocycles. The highest BCUT2D eigenvalue weighted by atomic mass is 32.2. The van der Waals surface area contributed by atoms with Crippen molar-refractivity contribution in [3.8, 4) is 17.1 Å². The van der Waals surface area contributed by atoms with Crippen LogP contribution in [0.25, 0.3) is 11.4 Å². The van der Waals surface area contributed by atoms with E-state index in [9.17, 15) is 4.79 Å². The molecular weight excluding hydrogens is 370 g/mol. The average molecular weight is 396 g/mol. The smallest absolute Gasteiger partial charge is 0.192 e. The Labute approximate surface area is 170 Å². The Morgan fingerprint density at radius 1 is 1.11 bits per heavy atom. The Balaban J connectivity index is 1.85. The minimum absolute atomic E-state index is 0.0987. The fourth-order valence-corrected chi connectivity index (χ4v) is 3.85. The number of rotatable bonds is 9. The molecule has 2 aromatic carbocycles. The van der Waals surface area contributed by atoms with Crippen LogP contribution in [0.5, 0.6) is 5.75 Å². The molecule has 28 heavy (non-hydrogen) atoms. The van der Waals surface area contributed by atoms with Gasteiger partial charge < -0.3 is 9.30 Å². The lowest BCUT2D eigenvalue weighted by Crippen LogP contribution is -2.15. The van der Waals surface area contributed by atoms with Gasteiger partial charge in [-0.1, -0.05) is 55.4 Å². The fraction of sp³-hybridized carbons (Fsp3) is 0.318. The van der Waals surface area contributed by atoms with E-state index in [1.807, 2.05) is 61.5 Å². The summed E-state index contributed by atoms with van der Waals surface area (Å²) in [6.07, 6.45) is 2.10. The number of unbranched alkanes of at least 4 members (excludes halogenated alkanes) is 1. The molecule has 1 unspecified atom stereocenters. The Bertz CT molecular complexity index is 907. The van der Waals surface area contributed by atoms with Gasteiger partial charge in [0.25, 0.3) is 0 Å². The highest BCUT2D eigenvalue weighted by Gasteiger charge is 2.21. The minimum Gasteiger partial charge on any atom is -0.497 e. The summed E-state index contributed by atoms with van der Waals surface area (Å²) in [5.74, 6) is 1.72. The molecule has 0 bridgehead atoms. The topological polar surface area (TPSA) is 57.0 Å². The number of hydrogen-bond acceptors (Lipinski definition) is 5. The number of Topliss-reactive ketones (excluding diaryl/α,β-unsaturated/α-hetero) is 1. The first kappa shape index (κ1) is 20.1. The van der Waals surface area contributed by atoms with Gasteiger partial charge in [0.15, 0.2) is 16.8 Å². The van der Waals surface area contributed by atoms with Gasteiger partial charge in [-0.3, -0.25) is 4.79 Å². The summed E-state index contributed by atoms with van der Waals surface area (Å²) in [5, 5.41) is 9.35. The fourth-order valence-electron chi connectivity index (χ4n) is 2.90. The Hall–Kier alpha value is -2.60. The van der Waals surface area contributed by atoms with Crippen LogP contribution in [0.4, 0.5) is 0 Å². The monoisotopic (exact) mass is 395 g/mol. The van der Waals surface area contributed by atoms with Crippen molar-refractivity contribution in [2.24, 2.45) is 0 Å². The van der Waals surface area contributed by atoms with E-state index in [1.54, 1.807) is 7.11 Å². The maximum absolute atomic E-state index is 12.7. The third-order valence-electron chi connectivity index (χ3n) is 4.51. The molecule has 3 rings (SSSR count). The number of thioether (sulfide) groups is 1. The first-order chi connectivity index (χ1) is 13.6. The van der Waals surface area contributed by atoms with E-state index < -0.39 is 0 Å². The van der Waals surface area contributed by atoms with Crippen LogP contribution in [0.15, 0.2) is 59.8 Å². The highest BCUT2D eigenvalue weighted by Crippen LogP contribution is 2.29. The second kappa shape index (κ2) is 9.55. The lowest BCUT2D eigenvalue weighted by atomic mass is 10.1. The molecule has 0 N–H and O–H groups in total. The molecule has 0 radical (unpaired) electrons. The second-order valence-corrected chi connectivity index (χ2v) is 7.84. The van der Waals surface area contributed by atoms with Gasteiger partial charge in [-0.2, -0.15) is 0 Å². The van der Waals surface area contributed by atoms with Gasteiger partial charge in [0.1, 0.15) is 5.75 Å². The van der Waals surface area contributed by atoms with Crippen molar-refractivity contribution < 1.29 is 9.53 Å². The van der Waals surface area contributed by atoms with Crippen LogP contribution < -0.4 is 4.74 Å². The van der Waals surface area contributed by atoms with Crippen molar-refractivity contribution in [2.45, 2.75) is 43.6 Å². The minimum atomic E-state index is -0.240. The van der Waals surface area contributed by atoms with Crippen LogP contribution in [0.3, 0.4) is 0 Å². The Morgan fingerprint density at radius 3 is 2.46 bits per heavy atom. The number of ether oxygens (including phenoxy) is 1. The summed E-state index contributed by atoms with van der Waals surface area (Å²) in [5.41, 5.74) is 1.70. The van der Waals surface area contributed by atoms with Crippen molar-refractivity contribution in [2.75, 3.05) is 7.11 Å². The molecule has 0 saturated heterocycles. The number of methoxy groups -OCH3 is 1. The number of ketones is 1. The Kier molecular flexibility index (Phi) is 6.87. The third-order valence-corrected chi connectivity index (χ3v) is 5.59. The molecule has 0 fully saturated rings. The molecule has 1 atom stereocenters. The van der Waals surface area contributed by atoms with Gasteiger partial charge in [0.05, 0.1) is 12.4 Å². The van der Waals surface area contributed by atoms with E-state index in [4.69, 9.17) is 4.74 Å². The quantitative estimate of drug-likeness (QED) is 0.372. The number of benzene rings is 2. The summed E-state index contributed by atoms with van der Waals surface area (Å²) in [4.78, 5) is 12.7. The maximum atomic E-state index is 12.7. The number of nitrogens with zero attached hydrogens (tertiary/aromatic N) is 3. The predicted molar refractivity (Wildman–Crippen MR) is 113 cm³/mol. The zero-order chi connectivity index (χ0) is 19.9. The summed E-state index contributed by atoms with van der Waals surface area (Å²) < 4.78 is 7.36. The van der Waals surface area contributed by atoms with Gasteiger partial charge in [-0.05, 0) is 37.6 Å². The summed E-state index contributed by atoms with van der Waals surface area (Å²) in [6.45, 7) is 4.90. The Morgan fingerprint density at radius 2 is 1.82 bits per heavy atom. The number of carbonyl (C=O) groups excluding carboxylic acids is 1. The lowest BCUT2D eigenvalue weighted by Gasteiger charge is -2.13. The maximum Gasteiger partial charge on any atom is 0.192 e.